The Kier molecular flexibility index (Phi) is 3.99. The van der Waals surface area contributed by atoms with E-state index in [-0.39, 0.29) is 5.78 Å². The van der Waals surface area contributed by atoms with Gasteiger partial charge in [0, 0.05) is 6.42 Å². The highest BCUT2D eigenvalue weighted by Crippen LogP contribution is 2.29. The van der Waals surface area contributed by atoms with Crippen molar-refractivity contribution in [3.8, 4) is 11.5 Å². The first-order valence-electron chi connectivity index (χ1n) is 5.51. The monoisotopic (exact) mass is 262 g/mol. The van der Waals surface area contributed by atoms with Gasteiger partial charge < -0.3 is 9.47 Å². The van der Waals surface area contributed by atoms with Crippen molar-refractivity contribution in [3.05, 3.63) is 46.2 Å². The van der Waals surface area contributed by atoms with Gasteiger partial charge in [-0.2, -0.15) is 11.3 Å². The normalized spacial score (nSPS) is 10.1. The van der Waals surface area contributed by atoms with Crippen LogP contribution in [0.3, 0.4) is 0 Å². The van der Waals surface area contributed by atoms with Crippen molar-refractivity contribution >= 4 is 17.1 Å². The van der Waals surface area contributed by atoms with E-state index in [0.717, 1.165) is 5.56 Å². The fourth-order valence-corrected chi connectivity index (χ4v) is 2.46. The van der Waals surface area contributed by atoms with Crippen molar-refractivity contribution in [1.82, 2.24) is 0 Å². The Morgan fingerprint density at radius 2 is 1.83 bits per heavy atom. The molecule has 18 heavy (non-hydrogen) atoms. The van der Waals surface area contributed by atoms with Gasteiger partial charge in [0.2, 0.25) is 0 Å². The SMILES string of the molecule is COc1cccc(OC)c1C(=O)Cc1ccsc1. The number of hydrogen-bond donors (Lipinski definition) is 0. The highest BCUT2D eigenvalue weighted by molar-refractivity contribution is 7.08. The number of ketones is 1. The summed E-state index contributed by atoms with van der Waals surface area (Å²) >= 11 is 1.58. The fourth-order valence-electron chi connectivity index (χ4n) is 1.79. The Balaban J connectivity index is 2.33. The first-order chi connectivity index (χ1) is 8.76. The van der Waals surface area contributed by atoms with E-state index in [0.29, 0.717) is 23.5 Å². The van der Waals surface area contributed by atoms with E-state index in [9.17, 15) is 4.79 Å². The lowest BCUT2D eigenvalue weighted by atomic mass is 10.0. The van der Waals surface area contributed by atoms with E-state index in [1.807, 2.05) is 16.8 Å². The van der Waals surface area contributed by atoms with Gasteiger partial charge in [-0.3, -0.25) is 4.79 Å². The summed E-state index contributed by atoms with van der Waals surface area (Å²) in [6, 6.07) is 7.29. The van der Waals surface area contributed by atoms with Crippen LogP contribution < -0.4 is 9.47 Å². The van der Waals surface area contributed by atoms with E-state index >= 15 is 0 Å². The number of Topliss-reactive ketones (excluding diaryl/α,β-unsaturated/α-hetero) is 1. The van der Waals surface area contributed by atoms with Crippen molar-refractivity contribution in [2.75, 3.05) is 14.2 Å². The van der Waals surface area contributed by atoms with Gasteiger partial charge in [-0.25, -0.2) is 0 Å². The third kappa shape index (κ3) is 2.54. The lowest BCUT2D eigenvalue weighted by Gasteiger charge is -2.11. The molecule has 2 aromatic rings. The number of benzene rings is 1. The second-order valence-corrected chi connectivity index (χ2v) is 4.55. The molecule has 0 saturated heterocycles. The Morgan fingerprint density at radius 1 is 1.17 bits per heavy atom. The zero-order valence-electron chi connectivity index (χ0n) is 10.3. The molecule has 3 nitrogen and oxygen atoms in total. The average Bonchev–Trinajstić information content (AvgIpc) is 2.90. The zero-order valence-corrected chi connectivity index (χ0v) is 11.1. The van der Waals surface area contributed by atoms with E-state index in [1.54, 1.807) is 43.8 Å². The molecule has 2 rings (SSSR count). The molecule has 0 unspecified atom stereocenters. The van der Waals surface area contributed by atoms with Crippen molar-refractivity contribution < 1.29 is 14.3 Å². The van der Waals surface area contributed by atoms with Gasteiger partial charge in [-0.1, -0.05) is 6.07 Å². The molecule has 0 N–H and O–H groups in total. The molecule has 4 heteroatoms. The van der Waals surface area contributed by atoms with Gasteiger partial charge in [0.1, 0.15) is 17.1 Å². The minimum atomic E-state index is 0.00250. The van der Waals surface area contributed by atoms with Crippen molar-refractivity contribution in [3.63, 3.8) is 0 Å². The molecule has 0 radical (unpaired) electrons. The van der Waals surface area contributed by atoms with Crippen molar-refractivity contribution in [1.29, 1.82) is 0 Å². The van der Waals surface area contributed by atoms with Crippen LogP contribution in [0.4, 0.5) is 0 Å². The summed E-state index contributed by atoms with van der Waals surface area (Å²) in [6.45, 7) is 0. The molecule has 94 valence electrons. The van der Waals surface area contributed by atoms with E-state index in [4.69, 9.17) is 9.47 Å². The topological polar surface area (TPSA) is 35.5 Å². The molecular weight excluding hydrogens is 248 g/mol. The Bertz CT molecular complexity index is 510. The highest BCUT2D eigenvalue weighted by atomic mass is 32.1. The molecule has 0 atom stereocenters. The Hall–Kier alpha value is -1.81. The summed E-state index contributed by atoms with van der Waals surface area (Å²) < 4.78 is 10.5. The van der Waals surface area contributed by atoms with Crippen LogP contribution in [-0.4, -0.2) is 20.0 Å². The minimum absolute atomic E-state index is 0.00250. The highest BCUT2D eigenvalue weighted by Gasteiger charge is 2.18. The number of hydrogen-bond acceptors (Lipinski definition) is 4. The van der Waals surface area contributed by atoms with Gasteiger partial charge in [0.15, 0.2) is 5.78 Å². The minimum Gasteiger partial charge on any atom is -0.496 e. The molecule has 0 aliphatic carbocycles. The molecule has 0 aliphatic heterocycles. The summed E-state index contributed by atoms with van der Waals surface area (Å²) in [6.07, 6.45) is 0.361. The summed E-state index contributed by atoms with van der Waals surface area (Å²) in [5, 5.41) is 3.93. The van der Waals surface area contributed by atoms with E-state index in [2.05, 4.69) is 0 Å². The maximum Gasteiger partial charge on any atom is 0.174 e. The molecule has 1 heterocycles. The molecule has 0 saturated carbocycles. The smallest absolute Gasteiger partial charge is 0.174 e. The predicted octanol–water partition coefficient (Wildman–Crippen LogP) is 3.19. The summed E-state index contributed by atoms with van der Waals surface area (Å²) in [5.74, 6) is 1.10. The number of carbonyl (C=O) groups excluding carboxylic acids is 1. The first-order valence-corrected chi connectivity index (χ1v) is 6.45. The Labute approximate surface area is 110 Å². The largest absolute Gasteiger partial charge is 0.496 e. The lowest BCUT2D eigenvalue weighted by Crippen LogP contribution is -2.07. The van der Waals surface area contributed by atoms with Gasteiger partial charge >= 0.3 is 0 Å². The predicted molar refractivity (Wildman–Crippen MR) is 71.9 cm³/mol. The van der Waals surface area contributed by atoms with Crippen LogP contribution in [0.1, 0.15) is 15.9 Å². The maximum absolute atomic E-state index is 12.3. The van der Waals surface area contributed by atoms with Crippen LogP contribution in [0.25, 0.3) is 0 Å². The number of thiophene rings is 1. The molecule has 0 aliphatic rings. The molecular formula is C14H14O3S. The van der Waals surface area contributed by atoms with Gasteiger partial charge in [-0.05, 0) is 34.5 Å². The lowest BCUT2D eigenvalue weighted by molar-refractivity contribution is 0.0987. The molecule has 1 aromatic carbocycles. The second kappa shape index (κ2) is 5.69. The standard InChI is InChI=1S/C14H14O3S/c1-16-12-4-3-5-13(17-2)14(12)11(15)8-10-6-7-18-9-10/h3-7,9H,8H2,1-2H3. The first kappa shape index (κ1) is 12.6. The van der Waals surface area contributed by atoms with Crippen LogP contribution >= 0.6 is 11.3 Å². The van der Waals surface area contributed by atoms with Crippen LogP contribution in [0.15, 0.2) is 35.0 Å². The Morgan fingerprint density at radius 3 is 2.33 bits per heavy atom. The van der Waals surface area contributed by atoms with Gasteiger partial charge in [-0.15, -0.1) is 0 Å². The average molecular weight is 262 g/mol. The zero-order chi connectivity index (χ0) is 13.0. The van der Waals surface area contributed by atoms with Gasteiger partial charge in [0.25, 0.3) is 0 Å². The van der Waals surface area contributed by atoms with Gasteiger partial charge in [0.05, 0.1) is 14.2 Å². The van der Waals surface area contributed by atoms with Crippen LogP contribution in [0.2, 0.25) is 0 Å². The molecule has 1 aromatic heterocycles. The van der Waals surface area contributed by atoms with Crippen molar-refractivity contribution in [2.24, 2.45) is 0 Å². The van der Waals surface area contributed by atoms with E-state index < -0.39 is 0 Å². The van der Waals surface area contributed by atoms with E-state index in [1.165, 1.54) is 0 Å². The fraction of sp³-hybridized carbons (Fsp3) is 0.214. The third-order valence-corrected chi connectivity index (χ3v) is 3.38. The molecule has 0 spiro atoms. The number of carbonyl (C=O) groups is 1. The van der Waals surface area contributed by atoms with Crippen LogP contribution in [0.5, 0.6) is 11.5 Å². The third-order valence-electron chi connectivity index (χ3n) is 2.65. The summed E-state index contributed by atoms with van der Waals surface area (Å²) in [4.78, 5) is 12.3. The van der Waals surface area contributed by atoms with Crippen molar-refractivity contribution in [2.45, 2.75) is 6.42 Å². The number of ether oxygens (including phenoxy) is 2. The summed E-state index contributed by atoms with van der Waals surface area (Å²) in [5.41, 5.74) is 1.52. The molecule has 0 fully saturated rings. The van der Waals surface area contributed by atoms with Crippen LogP contribution in [-0.2, 0) is 6.42 Å². The molecule has 0 amide bonds. The quantitative estimate of drug-likeness (QED) is 0.776. The summed E-state index contributed by atoms with van der Waals surface area (Å²) in [7, 11) is 3.10. The number of methoxy groups -OCH3 is 2. The molecule has 0 bridgehead atoms. The number of rotatable bonds is 5. The van der Waals surface area contributed by atoms with Crippen LogP contribution in [0, 0.1) is 0 Å². The second-order valence-electron chi connectivity index (χ2n) is 3.77. The maximum atomic E-state index is 12.3.